The molecule has 1 amide bonds. The predicted molar refractivity (Wildman–Crippen MR) is 70.9 cm³/mol. The summed E-state index contributed by atoms with van der Waals surface area (Å²) in [5, 5.41) is 18.5. The number of aliphatic carboxylic acids is 1. The average Bonchev–Trinajstić information content (AvgIpc) is 2.79. The number of thioether (sulfide) groups is 1. The van der Waals surface area contributed by atoms with Gasteiger partial charge in [0.05, 0.1) is 11.9 Å². The molecule has 0 radical (unpaired) electrons. The van der Waals surface area contributed by atoms with Gasteiger partial charge in [-0.25, -0.2) is 4.79 Å². The maximum absolute atomic E-state index is 12.0. The van der Waals surface area contributed by atoms with Crippen molar-refractivity contribution in [1.29, 1.82) is 0 Å². The van der Waals surface area contributed by atoms with Crippen molar-refractivity contribution in [3.63, 3.8) is 0 Å². The van der Waals surface area contributed by atoms with Gasteiger partial charge in [0.2, 0.25) is 5.91 Å². The quantitative estimate of drug-likeness (QED) is 0.799. The fourth-order valence-corrected chi connectivity index (χ4v) is 2.87. The number of rotatable bonds is 4. The molecule has 1 aliphatic rings. The summed E-state index contributed by atoms with van der Waals surface area (Å²) in [4.78, 5) is 25.2. The van der Waals surface area contributed by atoms with Gasteiger partial charge >= 0.3 is 5.97 Å². The minimum Gasteiger partial charge on any atom is -0.480 e. The number of aliphatic hydroxyl groups is 1. The minimum atomic E-state index is -1.06. The van der Waals surface area contributed by atoms with Gasteiger partial charge in [-0.3, -0.25) is 4.79 Å². The zero-order valence-electron chi connectivity index (χ0n) is 10.2. The molecule has 1 saturated heterocycles. The first-order chi connectivity index (χ1) is 9.08. The van der Waals surface area contributed by atoms with Crippen molar-refractivity contribution < 1.29 is 19.8 Å². The molecule has 1 aliphatic heterocycles. The standard InChI is InChI=1S/C13H15NO4S/c15-9-6-11(13(17)18)14(7-9)12(16)8-19-10-4-2-1-3-5-10/h1-5,9,11,15H,6-8H2,(H,17,18)/t9-,11-/m0/s1. The summed E-state index contributed by atoms with van der Waals surface area (Å²) in [5.74, 6) is -1.13. The van der Waals surface area contributed by atoms with Crippen LogP contribution < -0.4 is 0 Å². The number of carboxylic acid groups (broad SMARTS) is 1. The van der Waals surface area contributed by atoms with E-state index < -0.39 is 18.1 Å². The van der Waals surface area contributed by atoms with E-state index in [-0.39, 0.29) is 24.6 Å². The normalized spacial score (nSPS) is 22.5. The molecule has 1 aromatic rings. The second-order valence-electron chi connectivity index (χ2n) is 4.39. The van der Waals surface area contributed by atoms with Crippen LogP contribution in [0.5, 0.6) is 0 Å². The van der Waals surface area contributed by atoms with Crippen LogP contribution in [0.4, 0.5) is 0 Å². The van der Waals surface area contributed by atoms with Crippen LogP contribution in [0.1, 0.15) is 6.42 Å². The van der Waals surface area contributed by atoms with Gasteiger partial charge in [0, 0.05) is 17.9 Å². The van der Waals surface area contributed by atoms with Gasteiger partial charge in [-0.05, 0) is 12.1 Å². The monoisotopic (exact) mass is 281 g/mol. The van der Waals surface area contributed by atoms with Crippen molar-refractivity contribution in [2.24, 2.45) is 0 Å². The third-order valence-electron chi connectivity index (χ3n) is 2.99. The van der Waals surface area contributed by atoms with Gasteiger partial charge in [-0.2, -0.15) is 0 Å². The molecule has 2 rings (SSSR count). The lowest BCUT2D eigenvalue weighted by atomic mass is 10.2. The Labute approximate surface area is 115 Å². The first-order valence-corrected chi connectivity index (χ1v) is 6.94. The third-order valence-corrected chi connectivity index (χ3v) is 3.99. The Morgan fingerprint density at radius 1 is 1.32 bits per heavy atom. The van der Waals surface area contributed by atoms with E-state index in [4.69, 9.17) is 5.11 Å². The lowest BCUT2D eigenvalue weighted by molar-refractivity contribution is -0.147. The maximum Gasteiger partial charge on any atom is 0.326 e. The van der Waals surface area contributed by atoms with E-state index in [1.54, 1.807) is 0 Å². The number of likely N-dealkylation sites (tertiary alicyclic amines) is 1. The number of hydrogen-bond donors (Lipinski definition) is 2. The van der Waals surface area contributed by atoms with E-state index in [0.717, 1.165) is 4.90 Å². The number of hydrogen-bond acceptors (Lipinski definition) is 4. The third kappa shape index (κ3) is 3.48. The predicted octanol–water partition coefficient (Wildman–Crippen LogP) is 0.825. The van der Waals surface area contributed by atoms with Crippen LogP contribution in [-0.4, -0.2) is 51.4 Å². The topological polar surface area (TPSA) is 77.8 Å². The van der Waals surface area contributed by atoms with Crippen molar-refractivity contribution >= 4 is 23.6 Å². The largest absolute Gasteiger partial charge is 0.480 e. The Hall–Kier alpha value is -1.53. The molecule has 0 unspecified atom stereocenters. The van der Waals surface area contributed by atoms with Gasteiger partial charge in [0.1, 0.15) is 6.04 Å². The zero-order chi connectivity index (χ0) is 13.8. The van der Waals surface area contributed by atoms with Crippen molar-refractivity contribution in [2.45, 2.75) is 23.5 Å². The molecule has 1 heterocycles. The summed E-state index contributed by atoms with van der Waals surface area (Å²) in [5.41, 5.74) is 0. The molecule has 6 heteroatoms. The molecule has 0 aromatic heterocycles. The Morgan fingerprint density at radius 3 is 2.63 bits per heavy atom. The number of nitrogens with zero attached hydrogens (tertiary/aromatic N) is 1. The average molecular weight is 281 g/mol. The fourth-order valence-electron chi connectivity index (χ4n) is 2.07. The maximum atomic E-state index is 12.0. The highest BCUT2D eigenvalue weighted by molar-refractivity contribution is 8.00. The first-order valence-electron chi connectivity index (χ1n) is 5.96. The number of carbonyl (C=O) groups is 2. The highest BCUT2D eigenvalue weighted by Gasteiger charge is 2.38. The van der Waals surface area contributed by atoms with E-state index in [1.165, 1.54) is 16.7 Å². The summed E-state index contributed by atoms with van der Waals surface area (Å²) in [6.07, 6.45) is -0.636. The molecule has 0 bridgehead atoms. The SMILES string of the molecule is O=C(O)[C@@H]1C[C@H](O)CN1C(=O)CSc1ccccc1. The molecule has 0 saturated carbocycles. The highest BCUT2D eigenvalue weighted by Crippen LogP contribution is 2.22. The summed E-state index contributed by atoms with van der Waals surface area (Å²) in [6, 6.07) is 8.54. The minimum absolute atomic E-state index is 0.102. The Balaban J connectivity index is 1.94. The van der Waals surface area contributed by atoms with E-state index in [0.29, 0.717) is 0 Å². The highest BCUT2D eigenvalue weighted by atomic mass is 32.2. The van der Waals surface area contributed by atoms with Crippen molar-refractivity contribution in [3.8, 4) is 0 Å². The van der Waals surface area contributed by atoms with Crippen LogP contribution in [0.2, 0.25) is 0 Å². The van der Waals surface area contributed by atoms with Gasteiger partial charge in [-0.15, -0.1) is 11.8 Å². The molecule has 5 nitrogen and oxygen atoms in total. The lowest BCUT2D eigenvalue weighted by Crippen LogP contribution is -2.41. The van der Waals surface area contributed by atoms with Crippen molar-refractivity contribution in [2.75, 3.05) is 12.3 Å². The molecule has 1 fully saturated rings. The van der Waals surface area contributed by atoms with E-state index in [2.05, 4.69) is 0 Å². The molecule has 1 aromatic carbocycles. The van der Waals surface area contributed by atoms with E-state index >= 15 is 0 Å². The van der Waals surface area contributed by atoms with Crippen LogP contribution >= 0.6 is 11.8 Å². The van der Waals surface area contributed by atoms with Gasteiger partial charge in [0.25, 0.3) is 0 Å². The molecule has 0 aliphatic carbocycles. The van der Waals surface area contributed by atoms with Crippen LogP contribution in [0.15, 0.2) is 35.2 Å². The van der Waals surface area contributed by atoms with Gasteiger partial charge in [0.15, 0.2) is 0 Å². The van der Waals surface area contributed by atoms with Crippen molar-refractivity contribution in [1.82, 2.24) is 4.90 Å². The summed E-state index contributed by atoms with van der Waals surface area (Å²) in [6.45, 7) is 0.102. The van der Waals surface area contributed by atoms with Crippen LogP contribution in [-0.2, 0) is 9.59 Å². The summed E-state index contributed by atoms with van der Waals surface area (Å²) < 4.78 is 0. The van der Waals surface area contributed by atoms with Gasteiger partial charge < -0.3 is 15.1 Å². The molecular weight excluding hydrogens is 266 g/mol. The van der Waals surface area contributed by atoms with E-state index in [9.17, 15) is 14.7 Å². The van der Waals surface area contributed by atoms with Crippen LogP contribution in [0, 0.1) is 0 Å². The molecule has 102 valence electrons. The first kappa shape index (κ1) is 13.9. The smallest absolute Gasteiger partial charge is 0.326 e. The Bertz CT molecular complexity index is 465. The van der Waals surface area contributed by atoms with Crippen LogP contribution in [0.25, 0.3) is 0 Å². The number of carboxylic acids is 1. The van der Waals surface area contributed by atoms with Crippen LogP contribution in [0.3, 0.4) is 0 Å². The molecule has 0 spiro atoms. The number of β-amino-alcohol motifs (C(OH)–C–C–N with tert-alkyl or cyclic N) is 1. The van der Waals surface area contributed by atoms with E-state index in [1.807, 2.05) is 30.3 Å². The number of aliphatic hydroxyl groups excluding tert-OH is 1. The van der Waals surface area contributed by atoms with Gasteiger partial charge in [-0.1, -0.05) is 18.2 Å². The number of carbonyl (C=O) groups excluding carboxylic acids is 1. The van der Waals surface area contributed by atoms with Crippen molar-refractivity contribution in [3.05, 3.63) is 30.3 Å². The molecule has 2 N–H and O–H groups in total. The fraction of sp³-hybridized carbons (Fsp3) is 0.385. The molecule has 19 heavy (non-hydrogen) atoms. The number of benzene rings is 1. The lowest BCUT2D eigenvalue weighted by Gasteiger charge is -2.20. The summed E-state index contributed by atoms with van der Waals surface area (Å²) >= 11 is 1.36. The Kier molecular flexibility index (Phi) is 4.44. The molecule has 2 atom stereocenters. The second-order valence-corrected chi connectivity index (χ2v) is 5.44. The molecular formula is C13H15NO4S. The second kappa shape index (κ2) is 6.08. The zero-order valence-corrected chi connectivity index (χ0v) is 11.0. The number of amides is 1. The summed E-state index contributed by atoms with van der Waals surface area (Å²) in [7, 11) is 0. The Morgan fingerprint density at radius 2 is 2.00 bits per heavy atom.